The molecule has 0 amide bonds. The van der Waals surface area contributed by atoms with Crippen molar-refractivity contribution in [1.29, 1.82) is 0 Å². The number of fused-ring (bicyclic) bond motifs is 1. The van der Waals surface area contributed by atoms with Crippen molar-refractivity contribution in [3.05, 3.63) is 39.0 Å². The molecule has 4 nitrogen and oxygen atoms in total. The van der Waals surface area contributed by atoms with Gasteiger partial charge < -0.3 is 14.4 Å². The lowest BCUT2D eigenvalue weighted by Crippen LogP contribution is -2.38. The number of anilines is 1. The molecule has 2 heterocycles. The Labute approximate surface area is 154 Å². The van der Waals surface area contributed by atoms with Gasteiger partial charge >= 0.3 is 0 Å². The summed E-state index contributed by atoms with van der Waals surface area (Å²) in [4.78, 5) is 15.6. The second-order valence-electron chi connectivity index (χ2n) is 8.98. The lowest BCUT2D eigenvalue weighted by molar-refractivity contribution is 0.199. The highest BCUT2D eigenvalue weighted by Crippen LogP contribution is 2.45. The van der Waals surface area contributed by atoms with Gasteiger partial charge in [-0.2, -0.15) is 0 Å². The molecule has 1 aromatic carbocycles. The largest absolute Gasteiger partial charge is 0.440 e. The standard InChI is InChI=1S/C22H29NO3/c1-13-11-16(14(2)24)20-17(12-13)19(25)18(15-5-6-15)21(26-20)23-9-7-22(3,4)8-10-23/h11-12,14-15,24H,5-10H2,1-4H3. The molecular weight excluding hydrogens is 326 g/mol. The predicted molar refractivity (Wildman–Crippen MR) is 105 cm³/mol. The van der Waals surface area contributed by atoms with E-state index in [1.165, 1.54) is 0 Å². The number of rotatable bonds is 3. The van der Waals surface area contributed by atoms with Gasteiger partial charge in [0.25, 0.3) is 0 Å². The van der Waals surface area contributed by atoms with Gasteiger partial charge in [-0.3, -0.25) is 4.79 Å². The van der Waals surface area contributed by atoms with Gasteiger partial charge in [0, 0.05) is 18.7 Å². The highest BCUT2D eigenvalue weighted by atomic mass is 16.4. The van der Waals surface area contributed by atoms with Gasteiger partial charge in [-0.05, 0) is 68.6 Å². The van der Waals surface area contributed by atoms with E-state index >= 15 is 0 Å². The van der Waals surface area contributed by atoms with E-state index in [4.69, 9.17) is 4.42 Å². The molecule has 1 unspecified atom stereocenters. The van der Waals surface area contributed by atoms with Crippen molar-refractivity contribution in [2.75, 3.05) is 18.0 Å². The average molecular weight is 355 g/mol. The van der Waals surface area contributed by atoms with Crippen molar-refractivity contribution in [1.82, 2.24) is 0 Å². The molecule has 140 valence electrons. The Morgan fingerprint density at radius 2 is 1.88 bits per heavy atom. The van der Waals surface area contributed by atoms with E-state index in [1.54, 1.807) is 6.92 Å². The zero-order chi connectivity index (χ0) is 18.6. The molecule has 4 heteroatoms. The van der Waals surface area contributed by atoms with Gasteiger partial charge in [-0.25, -0.2) is 0 Å². The van der Waals surface area contributed by atoms with Crippen LogP contribution in [0.25, 0.3) is 11.0 Å². The van der Waals surface area contributed by atoms with Gasteiger partial charge in [0.2, 0.25) is 5.88 Å². The van der Waals surface area contributed by atoms with Crippen LogP contribution < -0.4 is 10.3 Å². The van der Waals surface area contributed by atoms with E-state index in [9.17, 15) is 9.90 Å². The van der Waals surface area contributed by atoms with Gasteiger partial charge in [0.1, 0.15) is 5.58 Å². The van der Waals surface area contributed by atoms with Crippen LogP contribution in [0.5, 0.6) is 0 Å². The second kappa shape index (κ2) is 6.12. The Morgan fingerprint density at radius 3 is 2.46 bits per heavy atom. The lowest BCUT2D eigenvalue weighted by Gasteiger charge is -2.38. The third kappa shape index (κ3) is 3.05. The molecule has 1 N–H and O–H groups in total. The number of hydrogen-bond donors (Lipinski definition) is 1. The summed E-state index contributed by atoms with van der Waals surface area (Å²) in [7, 11) is 0. The number of aryl methyl sites for hydroxylation is 1. The van der Waals surface area contributed by atoms with E-state index in [1.807, 2.05) is 19.1 Å². The SMILES string of the molecule is Cc1cc(C(C)O)c2oc(N3CCC(C)(C)CC3)c(C3CC3)c(=O)c2c1. The molecule has 2 aliphatic rings. The Hall–Kier alpha value is -1.81. The fourth-order valence-electron chi connectivity index (χ4n) is 4.07. The number of aliphatic hydroxyl groups excluding tert-OH is 1. The molecule has 1 aliphatic carbocycles. The number of hydrogen-bond acceptors (Lipinski definition) is 4. The molecule has 0 spiro atoms. The van der Waals surface area contributed by atoms with Crippen molar-refractivity contribution < 1.29 is 9.52 Å². The molecule has 0 bridgehead atoms. The van der Waals surface area contributed by atoms with Crippen molar-refractivity contribution in [2.24, 2.45) is 5.41 Å². The van der Waals surface area contributed by atoms with Crippen LogP contribution in [0.3, 0.4) is 0 Å². The summed E-state index contributed by atoms with van der Waals surface area (Å²) in [6.07, 6.45) is 3.65. The minimum Gasteiger partial charge on any atom is -0.440 e. The molecule has 26 heavy (non-hydrogen) atoms. The molecule has 1 saturated heterocycles. The summed E-state index contributed by atoms with van der Waals surface area (Å²) < 4.78 is 6.40. The lowest BCUT2D eigenvalue weighted by atomic mass is 9.82. The number of piperidine rings is 1. The highest BCUT2D eigenvalue weighted by molar-refractivity contribution is 5.83. The van der Waals surface area contributed by atoms with Crippen LogP contribution in [0.15, 0.2) is 21.3 Å². The van der Waals surface area contributed by atoms with Gasteiger partial charge in [0.05, 0.1) is 17.1 Å². The maximum absolute atomic E-state index is 13.4. The smallest absolute Gasteiger partial charge is 0.203 e. The van der Waals surface area contributed by atoms with Crippen LogP contribution in [0, 0.1) is 12.3 Å². The Balaban J connectivity index is 1.91. The van der Waals surface area contributed by atoms with Crippen LogP contribution in [-0.4, -0.2) is 18.2 Å². The second-order valence-corrected chi connectivity index (χ2v) is 8.98. The number of aliphatic hydroxyl groups is 1. The monoisotopic (exact) mass is 355 g/mol. The summed E-state index contributed by atoms with van der Waals surface area (Å²) in [5.74, 6) is 1.09. The van der Waals surface area contributed by atoms with E-state index < -0.39 is 6.10 Å². The van der Waals surface area contributed by atoms with Crippen molar-refractivity contribution >= 4 is 16.9 Å². The summed E-state index contributed by atoms with van der Waals surface area (Å²) >= 11 is 0. The first-order valence-corrected chi connectivity index (χ1v) is 9.81. The minimum absolute atomic E-state index is 0.0965. The molecule has 0 radical (unpaired) electrons. The number of nitrogens with zero attached hydrogens (tertiary/aromatic N) is 1. The van der Waals surface area contributed by atoms with Crippen LogP contribution in [-0.2, 0) is 0 Å². The van der Waals surface area contributed by atoms with Crippen LogP contribution >= 0.6 is 0 Å². The van der Waals surface area contributed by atoms with E-state index in [0.29, 0.717) is 27.9 Å². The van der Waals surface area contributed by atoms with E-state index in [-0.39, 0.29) is 5.43 Å². The molecular formula is C22H29NO3. The Bertz CT molecular complexity index is 896. The van der Waals surface area contributed by atoms with Crippen LogP contribution in [0.1, 0.15) is 75.2 Å². The molecule has 1 aliphatic heterocycles. The average Bonchev–Trinajstić information content (AvgIpc) is 3.39. The summed E-state index contributed by atoms with van der Waals surface area (Å²) in [5, 5.41) is 10.8. The topological polar surface area (TPSA) is 53.7 Å². The molecule has 1 saturated carbocycles. The Morgan fingerprint density at radius 1 is 1.23 bits per heavy atom. The predicted octanol–water partition coefficient (Wildman–Crippen LogP) is 4.66. The van der Waals surface area contributed by atoms with E-state index in [2.05, 4.69) is 18.7 Å². The summed E-state index contributed by atoms with van der Waals surface area (Å²) in [6, 6.07) is 3.83. The fourth-order valence-corrected chi connectivity index (χ4v) is 4.07. The zero-order valence-electron chi connectivity index (χ0n) is 16.3. The molecule has 1 aromatic heterocycles. The quantitative estimate of drug-likeness (QED) is 0.870. The van der Waals surface area contributed by atoms with Crippen molar-refractivity contribution in [3.63, 3.8) is 0 Å². The fraction of sp³-hybridized carbons (Fsp3) is 0.591. The molecule has 4 rings (SSSR count). The third-order valence-electron chi connectivity index (χ3n) is 6.02. The maximum atomic E-state index is 13.4. The molecule has 2 fully saturated rings. The highest BCUT2D eigenvalue weighted by Gasteiger charge is 2.35. The van der Waals surface area contributed by atoms with Crippen molar-refractivity contribution in [2.45, 2.75) is 65.4 Å². The Kier molecular flexibility index (Phi) is 4.14. The van der Waals surface area contributed by atoms with Crippen LogP contribution in [0.2, 0.25) is 0 Å². The first-order chi connectivity index (χ1) is 12.3. The molecule has 2 aromatic rings. The summed E-state index contributed by atoms with van der Waals surface area (Å²) in [5.41, 5.74) is 3.54. The van der Waals surface area contributed by atoms with Gasteiger partial charge in [-0.1, -0.05) is 13.8 Å². The normalized spacial score (nSPS) is 21.2. The third-order valence-corrected chi connectivity index (χ3v) is 6.02. The minimum atomic E-state index is -0.666. The first-order valence-electron chi connectivity index (χ1n) is 9.81. The van der Waals surface area contributed by atoms with Gasteiger partial charge in [-0.15, -0.1) is 0 Å². The van der Waals surface area contributed by atoms with Gasteiger partial charge in [0.15, 0.2) is 5.43 Å². The van der Waals surface area contributed by atoms with Crippen molar-refractivity contribution in [3.8, 4) is 0 Å². The van der Waals surface area contributed by atoms with E-state index in [0.717, 1.165) is 55.8 Å². The first kappa shape index (κ1) is 17.6. The molecule has 1 atom stereocenters. The number of benzene rings is 1. The van der Waals surface area contributed by atoms with Crippen LogP contribution in [0.4, 0.5) is 5.88 Å². The zero-order valence-corrected chi connectivity index (χ0v) is 16.3. The maximum Gasteiger partial charge on any atom is 0.203 e. The summed E-state index contributed by atoms with van der Waals surface area (Å²) in [6.45, 7) is 10.1.